The molecule has 0 aromatic heterocycles. The van der Waals surface area contributed by atoms with Gasteiger partial charge in [0.05, 0.1) is 26.4 Å². The smallest absolute Gasteiger partial charge is 0.265 e. The van der Waals surface area contributed by atoms with Crippen LogP contribution in [0, 0.1) is 5.41 Å². The first-order valence-electron chi connectivity index (χ1n) is 16.9. The third kappa shape index (κ3) is 10.8. The number of rotatable bonds is 16. The fourth-order valence-corrected chi connectivity index (χ4v) is 12.5. The Labute approximate surface area is 308 Å². The van der Waals surface area contributed by atoms with Gasteiger partial charge in [-0.05, 0) is 33.3 Å². The van der Waals surface area contributed by atoms with Gasteiger partial charge >= 0.3 is 0 Å². The highest BCUT2D eigenvalue weighted by atomic mass is 35.6. The predicted octanol–water partition coefficient (Wildman–Crippen LogP) is 10.0. The third-order valence-corrected chi connectivity index (χ3v) is 15.7. The lowest BCUT2D eigenvalue weighted by atomic mass is 9.98. The SMILES string of the molecule is CC(C)[Si](OC[C@H]1O[C@H](OC(=N)C(Cl)(Cl)Cl)[C@H](OCc2ccccc2)[C@@H](OCc2ccccc2)[C@@H]1OCc1ccccc1)(C(C)C)C(C)C. The van der Waals surface area contributed by atoms with Crippen molar-refractivity contribution in [1.29, 1.82) is 5.41 Å². The normalized spacial score (nSPS) is 21.8. The molecule has 1 aliphatic heterocycles. The molecule has 0 amide bonds. The molecule has 0 radical (unpaired) electrons. The molecule has 4 rings (SSSR count). The molecule has 1 aliphatic rings. The molecular formula is C38H50Cl3NO6Si. The Kier molecular flexibility index (Phi) is 15.0. The number of ether oxygens (including phenoxy) is 5. The van der Waals surface area contributed by atoms with Crippen LogP contribution in [-0.2, 0) is 47.9 Å². The van der Waals surface area contributed by atoms with E-state index in [9.17, 15) is 0 Å². The molecule has 1 saturated heterocycles. The van der Waals surface area contributed by atoms with Gasteiger partial charge in [0, 0.05) is 0 Å². The van der Waals surface area contributed by atoms with Crippen molar-refractivity contribution in [3.05, 3.63) is 108 Å². The van der Waals surface area contributed by atoms with Gasteiger partial charge in [-0.15, -0.1) is 0 Å². The van der Waals surface area contributed by atoms with E-state index in [-0.39, 0.29) is 19.8 Å². The summed E-state index contributed by atoms with van der Waals surface area (Å²) >= 11 is 18.4. The van der Waals surface area contributed by atoms with E-state index in [1.165, 1.54) is 0 Å². The van der Waals surface area contributed by atoms with Crippen LogP contribution >= 0.6 is 34.8 Å². The van der Waals surface area contributed by atoms with Crippen molar-refractivity contribution in [3.63, 3.8) is 0 Å². The van der Waals surface area contributed by atoms with Crippen LogP contribution in [0.5, 0.6) is 0 Å². The summed E-state index contributed by atoms with van der Waals surface area (Å²) < 4.78 is 37.8. The van der Waals surface area contributed by atoms with Gasteiger partial charge in [0.15, 0.2) is 8.32 Å². The van der Waals surface area contributed by atoms with E-state index in [0.717, 1.165) is 16.7 Å². The van der Waals surface area contributed by atoms with E-state index in [0.29, 0.717) is 23.2 Å². The second kappa shape index (κ2) is 18.5. The number of hydrogen-bond acceptors (Lipinski definition) is 7. The van der Waals surface area contributed by atoms with E-state index in [2.05, 4.69) is 41.5 Å². The van der Waals surface area contributed by atoms with Crippen LogP contribution in [0.4, 0.5) is 0 Å². The van der Waals surface area contributed by atoms with Crippen LogP contribution in [0.15, 0.2) is 91.0 Å². The highest BCUT2D eigenvalue weighted by Crippen LogP contribution is 2.43. The molecule has 7 nitrogen and oxygen atoms in total. The number of benzene rings is 3. The average Bonchev–Trinajstić information content (AvgIpc) is 3.07. The minimum atomic E-state index is -2.34. The Hall–Kier alpha value is -1.98. The van der Waals surface area contributed by atoms with Gasteiger partial charge < -0.3 is 28.1 Å². The summed E-state index contributed by atoms with van der Waals surface area (Å²) in [5, 5.41) is 8.49. The van der Waals surface area contributed by atoms with Gasteiger partial charge in [-0.1, -0.05) is 167 Å². The highest BCUT2D eigenvalue weighted by Gasteiger charge is 2.53. The summed E-state index contributed by atoms with van der Waals surface area (Å²) in [6.07, 6.45) is -4.10. The molecule has 0 unspecified atom stereocenters. The minimum Gasteiger partial charge on any atom is -0.445 e. The fraction of sp³-hybridized carbons (Fsp3) is 0.500. The van der Waals surface area contributed by atoms with Crippen LogP contribution in [0.1, 0.15) is 58.2 Å². The zero-order valence-electron chi connectivity index (χ0n) is 29.2. The van der Waals surface area contributed by atoms with Crippen molar-refractivity contribution in [2.45, 2.75) is 112 Å². The number of nitrogens with one attached hydrogen (secondary N) is 1. The monoisotopic (exact) mass is 749 g/mol. The van der Waals surface area contributed by atoms with E-state index in [1.807, 2.05) is 91.0 Å². The standard InChI is InChI=1S/C38H50Cl3NO6Si/c1-26(2)49(27(3)4,28(5)6)46-25-32-33(43-22-29-16-10-7-11-17-29)34(44-23-30-18-12-8-13-19-30)35(45-24-31-20-14-9-15-21-31)36(47-32)48-37(42)38(39,40)41/h7-21,26-28,32-36,42H,22-25H2,1-6H3/t32-,33-,34+,35-,36-/m1/s1. The Morgan fingerprint density at radius 2 is 1.04 bits per heavy atom. The molecule has 1 fully saturated rings. The van der Waals surface area contributed by atoms with Gasteiger partial charge in [-0.3, -0.25) is 5.41 Å². The van der Waals surface area contributed by atoms with Gasteiger partial charge in [0.25, 0.3) is 3.79 Å². The zero-order chi connectivity index (χ0) is 35.6. The summed E-state index contributed by atoms with van der Waals surface area (Å²) in [7, 11) is -2.34. The topological polar surface area (TPSA) is 79.2 Å². The van der Waals surface area contributed by atoms with E-state index in [1.54, 1.807) is 0 Å². The summed E-state index contributed by atoms with van der Waals surface area (Å²) in [5.41, 5.74) is 3.94. The highest BCUT2D eigenvalue weighted by molar-refractivity contribution is 6.77. The van der Waals surface area contributed by atoms with E-state index in [4.69, 9.17) is 68.3 Å². The predicted molar refractivity (Wildman–Crippen MR) is 200 cm³/mol. The van der Waals surface area contributed by atoms with E-state index < -0.39 is 48.7 Å². The second-order valence-corrected chi connectivity index (χ2v) is 21.1. The Morgan fingerprint density at radius 3 is 1.43 bits per heavy atom. The number of halogens is 3. The quantitative estimate of drug-likeness (QED) is 0.0680. The molecule has 1 heterocycles. The molecule has 0 aliphatic carbocycles. The van der Waals surface area contributed by atoms with Gasteiger partial charge in [-0.2, -0.15) is 0 Å². The molecule has 49 heavy (non-hydrogen) atoms. The summed E-state index contributed by atoms with van der Waals surface area (Å²) in [4.78, 5) is 0. The number of hydrogen-bond donors (Lipinski definition) is 1. The summed E-state index contributed by atoms with van der Waals surface area (Å²) in [6.45, 7) is 14.5. The molecule has 5 atom stereocenters. The van der Waals surface area contributed by atoms with Crippen LogP contribution in [0.2, 0.25) is 16.6 Å². The van der Waals surface area contributed by atoms with Crippen LogP contribution in [-0.4, -0.2) is 55.3 Å². The zero-order valence-corrected chi connectivity index (χ0v) is 32.5. The third-order valence-electron chi connectivity index (χ3n) is 9.14. The lowest BCUT2D eigenvalue weighted by Gasteiger charge is -2.48. The molecule has 3 aromatic rings. The Bertz CT molecular complexity index is 1390. The van der Waals surface area contributed by atoms with Crippen molar-refractivity contribution >= 4 is 49.0 Å². The average molecular weight is 751 g/mol. The maximum Gasteiger partial charge on any atom is 0.265 e. The van der Waals surface area contributed by atoms with Crippen LogP contribution in [0.3, 0.4) is 0 Å². The van der Waals surface area contributed by atoms with Crippen LogP contribution in [0.25, 0.3) is 0 Å². The molecule has 0 bridgehead atoms. The molecule has 11 heteroatoms. The maximum atomic E-state index is 8.49. The summed E-state index contributed by atoms with van der Waals surface area (Å²) in [5.74, 6) is -0.587. The minimum absolute atomic E-state index is 0.220. The molecular weight excluding hydrogens is 701 g/mol. The Balaban J connectivity index is 1.76. The van der Waals surface area contributed by atoms with E-state index >= 15 is 0 Å². The lowest BCUT2D eigenvalue weighted by Crippen LogP contribution is -2.63. The van der Waals surface area contributed by atoms with Gasteiger partial charge in [-0.25, -0.2) is 0 Å². The van der Waals surface area contributed by atoms with Crippen molar-refractivity contribution in [1.82, 2.24) is 0 Å². The summed E-state index contributed by atoms with van der Waals surface area (Å²) in [6, 6.07) is 29.6. The molecule has 1 N–H and O–H groups in total. The largest absolute Gasteiger partial charge is 0.445 e. The lowest BCUT2D eigenvalue weighted by molar-refractivity contribution is -0.310. The first kappa shape index (κ1) is 39.8. The van der Waals surface area contributed by atoms with Gasteiger partial charge in [0.1, 0.15) is 24.4 Å². The van der Waals surface area contributed by atoms with Crippen molar-refractivity contribution in [2.24, 2.45) is 0 Å². The van der Waals surface area contributed by atoms with Crippen molar-refractivity contribution in [3.8, 4) is 0 Å². The molecule has 0 spiro atoms. The van der Waals surface area contributed by atoms with Crippen molar-refractivity contribution in [2.75, 3.05) is 6.61 Å². The number of alkyl halides is 3. The molecule has 268 valence electrons. The van der Waals surface area contributed by atoms with Crippen molar-refractivity contribution < 1.29 is 28.1 Å². The first-order valence-corrected chi connectivity index (χ1v) is 20.2. The van der Waals surface area contributed by atoms with Crippen LogP contribution < -0.4 is 0 Å². The maximum absolute atomic E-state index is 8.49. The van der Waals surface area contributed by atoms with Gasteiger partial charge in [0.2, 0.25) is 12.2 Å². The molecule has 0 saturated carbocycles. The Morgan fingerprint density at radius 1 is 0.653 bits per heavy atom. The molecule has 3 aromatic carbocycles. The fourth-order valence-electron chi connectivity index (χ4n) is 6.88. The second-order valence-electron chi connectivity index (χ2n) is 13.4. The first-order chi connectivity index (χ1) is 23.3.